The molecule has 0 radical (unpaired) electrons. The van der Waals surface area contributed by atoms with E-state index in [1.165, 1.54) is 11.3 Å². The van der Waals surface area contributed by atoms with Gasteiger partial charge in [-0.1, -0.05) is 0 Å². The maximum absolute atomic E-state index is 12.4. The second-order valence-electron chi connectivity index (χ2n) is 6.18. The highest BCUT2D eigenvalue weighted by molar-refractivity contribution is 7.13. The minimum atomic E-state index is -0.163. The van der Waals surface area contributed by atoms with E-state index >= 15 is 0 Å². The van der Waals surface area contributed by atoms with E-state index in [2.05, 4.69) is 15.6 Å². The number of hydrogen-bond acceptors (Lipinski definition) is 6. The molecule has 22 heavy (non-hydrogen) atoms. The van der Waals surface area contributed by atoms with Gasteiger partial charge in [0, 0.05) is 42.4 Å². The topological polar surface area (TPSA) is 97.1 Å². The highest BCUT2D eigenvalue weighted by Crippen LogP contribution is 2.26. The van der Waals surface area contributed by atoms with E-state index in [-0.39, 0.29) is 29.7 Å². The van der Waals surface area contributed by atoms with Gasteiger partial charge < -0.3 is 16.4 Å². The molecular formula is C15H22N4O2S. The Kier molecular flexibility index (Phi) is 4.56. The van der Waals surface area contributed by atoms with Gasteiger partial charge in [-0.3, -0.25) is 9.59 Å². The van der Waals surface area contributed by atoms with E-state index in [0.29, 0.717) is 11.4 Å². The van der Waals surface area contributed by atoms with Crippen LogP contribution in [-0.2, 0) is 17.8 Å². The lowest BCUT2D eigenvalue weighted by atomic mass is 9.81. The zero-order valence-electron chi connectivity index (χ0n) is 12.7. The van der Waals surface area contributed by atoms with Crippen molar-refractivity contribution < 1.29 is 9.59 Å². The molecule has 0 spiro atoms. The number of hydrogen-bond donors (Lipinski definition) is 3. The lowest BCUT2D eigenvalue weighted by molar-refractivity contribution is -0.121. The molecule has 1 aliphatic heterocycles. The van der Waals surface area contributed by atoms with Gasteiger partial charge in [0.15, 0.2) is 5.01 Å². The molecule has 2 aliphatic rings. The molecule has 6 nitrogen and oxygen atoms in total. The van der Waals surface area contributed by atoms with Gasteiger partial charge in [0.25, 0.3) is 5.91 Å². The molecule has 3 rings (SSSR count). The smallest absolute Gasteiger partial charge is 0.280 e. The molecule has 1 amide bonds. The maximum atomic E-state index is 12.4. The summed E-state index contributed by atoms with van der Waals surface area (Å²) in [4.78, 5) is 29.6. The molecule has 0 unspecified atom stereocenters. The SMILES string of the molecule is CC(=O)[C@H]1CC[C@H](N)[C@H](NC(=O)c2nc3c(s2)CNCC3)C1. The predicted molar refractivity (Wildman–Crippen MR) is 84.8 cm³/mol. The highest BCUT2D eigenvalue weighted by Gasteiger charge is 2.32. The lowest BCUT2D eigenvalue weighted by Crippen LogP contribution is -2.51. The van der Waals surface area contributed by atoms with Gasteiger partial charge in [-0.05, 0) is 26.2 Å². The van der Waals surface area contributed by atoms with E-state index < -0.39 is 0 Å². The molecule has 1 fully saturated rings. The van der Waals surface area contributed by atoms with Crippen molar-refractivity contribution in [3.8, 4) is 0 Å². The molecule has 0 saturated heterocycles. The van der Waals surface area contributed by atoms with E-state index in [9.17, 15) is 9.59 Å². The lowest BCUT2D eigenvalue weighted by Gasteiger charge is -2.33. The third-order valence-electron chi connectivity index (χ3n) is 4.59. The van der Waals surface area contributed by atoms with E-state index in [4.69, 9.17) is 5.73 Å². The third-order valence-corrected chi connectivity index (χ3v) is 5.69. The molecule has 1 aromatic rings. The average molecular weight is 322 g/mol. The summed E-state index contributed by atoms with van der Waals surface area (Å²) in [6, 6.07) is -0.231. The van der Waals surface area contributed by atoms with Crippen molar-refractivity contribution in [1.29, 1.82) is 0 Å². The number of amides is 1. The molecule has 120 valence electrons. The number of nitrogens with zero attached hydrogens (tertiary/aromatic N) is 1. The Morgan fingerprint density at radius 2 is 2.23 bits per heavy atom. The van der Waals surface area contributed by atoms with Gasteiger partial charge in [-0.25, -0.2) is 4.98 Å². The summed E-state index contributed by atoms with van der Waals surface area (Å²) in [6.45, 7) is 3.31. The quantitative estimate of drug-likeness (QED) is 0.757. The minimum Gasteiger partial charge on any atom is -0.346 e. The van der Waals surface area contributed by atoms with Crippen molar-refractivity contribution in [2.75, 3.05) is 6.54 Å². The number of thiazole rings is 1. The molecule has 3 atom stereocenters. The van der Waals surface area contributed by atoms with Crippen LogP contribution in [0.2, 0.25) is 0 Å². The summed E-state index contributed by atoms with van der Waals surface area (Å²) >= 11 is 1.45. The predicted octanol–water partition coefficient (Wildman–Crippen LogP) is 0.604. The second-order valence-corrected chi connectivity index (χ2v) is 7.26. The first kappa shape index (κ1) is 15.6. The van der Waals surface area contributed by atoms with Crippen LogP contribution in [0.5, 0.6) is 0 Å². The summed E-state index contributed by atoms with van der Waals surface area (Å²) in [7, 11) is 0. The minimum absolute atomic E-state index is 0.0128. The Morgan fingerprint density at radius 3 is 2.95 bits per heavy atom. The van der Waals surface area contributed by atoms with Crippen molar-refractivity contribution in [3.05, 3.63) is 15.6 Å². The zero-order chi connectivity index (χ0) is 15.7. The Hall–Kier alpha value is -1.31. The first-order chi connectivity index (χ1) is 10.5. The average Bonchev–Trinajstić information content (AvgIpc) is 2.93. The fraction of sp³-hybridized carbons (Fsp3) is 0.667. The summed E-state index contributed by atoms with van der Waals surface area (Å²) in [5, 5.41) is 6.78. The van der Waals surface area contributed by atoms with Gasteiger partial charge in [0.1, 0.15) is 5.78 Å². The molecular weight excluding hydrogens is 300 g/mol. The van der Waals surface area contributed by atoms with Gasteiger partial charge >= 0.3 is 0 Å². The number of fused-ring (bicyclic) bond motifs is 1. The number of nitrogens with two attached hydrogens (primary N) is 1. The summed E-state index contributed by atoms with van der Waals surface area (Å²) in [5.74, 6) is 0.0322. The molecule has 2 heterocycles. The van der Waals surface area contributed by atoms with Crippen LogP contribution < -0.4 is 16.4 Å². The van der Waals surface area contributed by atoms with Crippen LogP contribution in [0.25, 0.3) is 0 Å². The Bertz CT molecular complexity index is 563. The van der Waals surface area contributed by atoms with Crippen molar-refractivity contribution in [2.24, 2.45) is 11.7 Å². The van der Waals surface area contributed by atoms with Crippen LogP contribution in [-0.4, -0.2) is 35.3 Å². The summed E-state index contributed by atoms with van der Waals surface area (Å²) in [6.07, 6.45) is 3.09. The molecule has 4 N–H and O–H groups in total. The molecule has 1 saturated carbocycles. The maximum Gasteiger partial charge on any atom is 0.280 e. The summed E-state index contributed by atoms with van der Waals surface area (Å²) in [5.41, 5.74) is 7.14. The van der Waals surface area contributed by atoms with Crippen molar-refractivity contribution in [2.45, 2.75) is 51.2 Å². The molecule has 0 aromatic carbocycles. The number of ketones is 1. The van der Waals surface area contributed by atoms with Crippen LogP contribution in [0.3, 0.4) is 0 Å². The van der Waals surface area contributed by atoms with Gasteiger partial charge in [-0.15, -0.1) is 11.3 Å². The Balaban J connectivity index is 1.67. The van der Waals surface area contributed by atoms with Crippen molar-refractivity contribution in [1.82, 2.24) is 15.6 Å². The van der Waals surface area contributed by atoms with Crippen molar-refractivity contribution >= 4 is 23.0 Å². The fourth-order valence-electron chi connectivity index (χ4n) is 3.18. The first-order valence-corrected chi connectivity index (χ1v) is 8.62. The fourth-order valence-corrected chi connectivity index (χ4v) is 4.16. The normalized spacial score (nSPS) is 28.0. The molecule has 1 aromatic heterocycles. The van der Waals surface area contributed by atoms with Gasteiger partial charge in [0.2, 0.25) is 0 Å². The van der Waals surface area contributed by atoms with E-state index in [1.807, 2.05) is 0 Å². The van der Waals surface area contributed by atoms with Crippen LogP contribution in [0.15, 0.2) is 0 Å². The van der Waals surface area contributed by atoms with Crippen LogP contribution >= 0.6 is 11.3 Å². The Morgan fingerprint density at radius 1 is 1.41 bits per heavy atom. The number of aromatic nitrogens is 1. The number of rotatable bonds is 3. The van der Waals surface area contributed by atoms with Crippen LogP contribution in [0, 0.1) is 5.92 Å². The monoisotopic (exact) mass is 322 g/mol. The highest BCUT2D eigenvalue weighted by atomic mass is 32.1. The van der Waals surface area contributed by atoms with Gasteiger partial charge in [-0.2, -0.15) is 0 Å². The van der Waals surface area contributed by atoms with E-state index in [0.717, 1.165) is 42.9 Å². The number of carbonyl (C=O) groups is 2. The van der Waals surface area contributed by atoms with Crippen LogP contribution in [0.4, 0.5) is 0 Å². The standard InChI is InChI=1S/C15H22N4O2S/c1-8(20)9-2-3-10(16)12(6-9)18-14(21)15-19-11-4-5-17-7-13(11)22-15/h9-10,12,17H,2-7,16H2,1H3,(H,18,21)/t9-,10-,12+/m0/s1. The number of nitrogens with one attached hydrogen (secondary N) is 2. The van der Waals surface area contributed by atoms with Crippen molar-refractivity contribution in [3.63, 3.8) is 0 Å². The summed E-state index contributed by atoms with van der Waals surface area (Å²) < 4.78 is 0. The molecule has 7 heteroatoms. The zero-order valence-corrected chi connectivity index (χ0v) is 13.5. The third kappa shape index (κ3) is 3.21. The molecule has 0 bridgehead atoms. The van der Waals surface area contributed by atoms with Crippen LogP contribution in [0.1, 0.15) is 46.6 Å². The number of carbonyl (C=O) groups excluding carboxylic acids is 2. The second kappa shape index (κ2) is 6.44. The van der Waals surface area contributed by atoms with E-state index in [1.54, 1.807) is 6.92 Å². The first-order valence-electron chi connectivity index (χ1n) is 7.80. The van der Waals surface area contributed by atoms with Gasteiger partial charge in [0.05, 0.1) is 5.69 Å². The number of Topliss-reactive ketones (excluding diaryl/α,β-unsaturated/α-hetero) is 1. The largest absolute Gasteiger partial charge is 0.346 e. The Labute approximate surface area is 133 Å². The molecule has 1 aliphatic carbocycles.